The highest BCUT2D eigenvalue weighted by Gasteiger charge is 2.21. The first-order valence-electron chi connectivity index (χ1n) is 9.58. The Hall–Kier alpha value is -1.53. The van der Waals surface area contributed by atoms with Crippen LogP contribution in [-0.2, 0) is 11.3 Å². The molecule has 2 rings (SSSR count). The van der Waals surface area contributed by atoms with Crippen LogP contribution in [0.3, 0.4) is 0 Å². The van der Waals surface area contributed by atoms with E-state index in [2.05, 4.69) is 27.0 Å². The number of carbonyl (C=O) groups is 1. The van der Waals surface area contributed by atoms with Gasteiger partial charge in [-0.1, -0.05) is 49.5 Å². The zero-order valence-corrected chi connectivity index (χ0v) is 18.1. The lowest BCUT2D eigenvalue weighted by Gasteiger charge is -2.15. The molecular formula is C20H29ClN4OS. The summed E-state index contributed by atoms with van der Waals surface area (Å²) >= 11 is 7.47. The molecule has 1 heterocycles. The van der Waals surface area contributed by atoms with Crippen LogP contribution in [-0.4, -0.2) is 32.0 Å². The third-order valence-electron chi connectivity index (χ3n) is 4.14. The van der Waals surface area contributed by atoms with E-state index >= 15 is 0 Å². The summed E-state index contributed by atoms with van der Waals surface area (Å²) in [6.07, 6.45) is 4.64. The Morgan fingerprint density at radius 3 is 2.48 bits per heavy atom. The molecule has 1 aromatic heterocycles. The monoisotopic (exact) mass is 408 g/mol. The number of unbranched alkanes of at least 4 members (excludes halogenated alkanes) is 3. The van der Waals surface area contributed by atoms with Crippen molar-refractivity contribution in [1.82, 2.24) is 20.1 Å². The predicted molar refractivity (Wildman–Crippen MR) is 113 cm³/mol. The predicted octanol–water partition coefficient (Wildman–Crippen LogP) is 5.18. The fraction of sp³-hybridized carbons (Fsp3) is 0.550. The highest BCUT2D eigenvalue weighted by atomic mass is 35.5. The van der Waals surface area contributed by atoms with E-state index in [9.17, 15) is 4.79 Å². The molecule has 1 N–H and O–H groups in total. The summed E-state index contributed by atoms with van der Waals surface area (Å²) in [5.74, 6) is 0.839. The minimum atomic E-state index is -0.232. The average molecular weight is 409 g/mol. The molecule has 0 aliphatic heterocycles. The largest absolute Gasteiger partial charge is 0.353 e. The normalized spacial score (nSPS) is 12.4. The van der Waals surface area contributed by atoms with Crippen LogP contribution in [0.2, 0.25) is 5.02 Å². The van der Waals surface area contributed by atoms with E-state index in [4.69, 9.17) is 11.6 Å². The maximum Gasteiger partial charge on any atom is 0.233 e. The second-order valence-electron chi connectivity index (χ2n) is 6.95. The number of hydrogen-bond acceptors (Lipinski definition) is 4. The number of amides is 1. The van der Waals surface area contributed by atoms with Gasteiger partial charge < -0.3 is 9.88 Å². The number of thioether (sulfide) groups is 1. The minimum absolute atomic E-state index is 0.0172. The molecule has 7 heteroatoms. The van der Waals surface area contributed by atoms with Crippen molar-refractivity contribution in [2.45, 2.75) is 76.4 Å². The first kappa shape index (κ1) is 21.8. The Morgan fingerprint density at radius 1 is 1.15 bits per heavy atom. The van der Waals surface area contributed by atoms with Crippen LogP contribution in [0.4, 0.5) is 0 Å². The van der Waals surface area contributed by atoms with Gasteiger partial charge in [-0.2, -0.15) is 0 Å². The van der Waals surface area contributed by atoms with Crippen LogP contribution in [0.15, 0.2) is 29.4 Å². The third-order valence-corrected chi connectivity index (χ3v) is 5.47. The summed E-state index contributed by atoms with van der Waals surface area (Å²) in [7, 11) is 0. The molecule has 0 aliphatic rings. The van der Waals surface area contributed by atoms with Crippen LogP contribution in [0.5, 0.6) is 0 Å². The number of rotatable bonds is 10. The van der Waals surface area contributed by atoms with Gasteiger partial charge in [0.25, 0.3) is 0 Å². The van der Waals surface area contributed by atoms with E-state index in [0.717, 1.165) is 29.5 Å². The Morgan fingerprint density at radius 2 is 1.85 bits per heavy atom. The number of benzene rings is 1. The molecule has 5 nitrogen and oxygen atoms in total. The van der Waals surface area contributed by atoms with Gasteiger partial charge in [-0.25, -0.2) is 0 Å². The van der Waals surface area contributed by atoms with E-state index in [1.807, 2.05) is 45.0 Å². The second kappa shape index (κ2) is 10.7. The van der Waals surface area contributed by atoms with Crippen molar-refractivity contribution >= 4 is 29.3 Å². The van der Waals surface area contributed by atoms with Gasteiger partial charge in [0.15, 0.2) is 11.0 Å². The topological polar surface area (TPSA) is 59.8 Å². The molecule has 0 saturated heterocycles. The summed E-state index contributed by atoms with van der Waals surface area (Å²) in [6, 6.07) is 7.75. The summed E-state index contributed by atoms with van der Waals surface area (Å²) in [4.78, 5) is 12.3. The zero-order valence-electron chi connectivity index (χ0n) is 16.5. The van der Waals surface area contributed by atoms with Crippen molar-refractivity contribution in [1.29, 1.82) is 0 Å². The molecule has 0 bridgehead atoms. The molecule has 0 aliphatic carbocycles. The molecule has 1 amide bonds. The van der Waals surface area contributed by atoms with E-state index < -0.39 is 0 Å². The quantitative estimate of drug-likeness (QED) is 0.434. The molecule has 1 atom stereocenters. The van der Waals surface area contributed by atoms with E-state index in [0.29, 0.717) is 5.02 Å². The van der Waals surface area contributed by atoms with Gasteiger partial charge in [0.1, 0.15) is 0 Å². The van der Waals surface area contributed by atoms with Crippen molar-refractivity contribution in [2.24, 2.45) is 0 Å². The first-order valence-corrected chi connectivity index (χ1v) is 10.8. The standard InChI is InChI=1S/C20H29ClN4OS/c1-5-6-7-8-13-25-18(16-9-11-17(21)12-10-16)23-24-20(25)27-15(4)19(26)22-14(2)3/h9-12,14-15H,5-8,13H2,1-4H3,(H,22,26). The molecule has 0 radical (unpaired) electrons. The Balaban J connectivity index is 2.22. The maximum absolute atomic E-state index is 12.3. The smallest absolute Gasteiger partial charge is 0.233 e. The Bertz CT molecular complexity index is 730. The van der Waals surface area contributed by atoms with Gasteiger partial charge in [0.2, 0.25) is 5.91 Å². The molecule has 0 spiro atoms. The molecule has 2 aromatic rings. The first-order chi connectivity index (χ1) is 12.9. The fourth-order valence-electron chi connectivity index (χ4n) is 2.70. The van der Waals surface area contributed by atoms with Crippen molar-refractivity contribution < 1.29 is 4.79 Å². The van der Waals surface area contributed by atoms with Crippen molar-refractivity contribution in [3.05, 3.63) is 29.3 Å². The number of halogens is 1. The van der Waals surface area contributed by atoms with Gasteiger partial charge in [-0.3, -0.25) is 4.79 Å². The van der Waals surface area contributed by atoms with E-state index in [-0.39, 0.29) is 17.2 Å². The number of hydrogen-bond donors (Lipinski definition) is 1. The number of carbonyl (C=O) groups excluding carboxylic acids is 1. The number of nitrogens with one attached hydrogen (secondary N) is 1. The fourth-order valence-corrected chi connectivity index (χ4v) is 3.71. The Kier molecular flexibility index (Phi) is 8.64. The molecule has 1 unspecified atom stereocenters. The SMILES string of the molecule is CCCCCCn1c(SC(C)C(=O)NC(C)C)nnc1-c1ccc(Cl)cc1. The lowest BCUT2D eigenvalue weighted by atomic mass is 10.2. The van der Waals surface area contributed by atoms with Gasteiger partial charge >= 0.3 is 0 Å². The summed E-state index contributed by atoms with van der Waals surface area (Å²) < 4.78 is 2.13. The van der Waals surface area contributed by atoms with Crippen molar-refractivity contribution in [3.8, 4) is 11.4 Å². The molecule has 27 heavy (non-hydrogen) atoms. The third kappa shape index (κ3) is 6.54. The summed E-state index contributed by atoms with van der Waals surface area (Å²) in [5.41, 5.74) is 0.980. The summed E-state index contributed by atoms with van der Waals surface area (Å²) in [6.45, 7) is 8.87. The van der Waals surface area contributed by atoms with Gasteiger partial charge in [0, 0.05) is 23.2 Å². The molecule has 148 valence electrons. The lowest BCUT2D eigenvalue weighted by molar-refractivity contribution is -0.120. The lowest BCUT2D eigenvalue weighted by Crippen LogP contribution is -2.36. The van der Waals surface area contributed by atoms with E-state index in [1.165, 1.54) is 31.0 Å². The van der Waals surface area contributed by atoms with Gasteiger partial charge in [0.05, 0.1) is 5.25 Å². The average Bonchev–Trinajstić information content (AvgIpc) is 3.01. The molecular weight excluding hydrogens is 380 g/mol. The molecule has 0 fully saturated rings. The van der Waals surface area contributed by atoms with E-state index in [1.54, 1.807) is 0 Å². The highest BCUT2D eigenvalue weighted by Crippen LogP contribution is 2.28. The second-order valence-corrected chi connectivity index (χ2v) is 8.69. The van der Waals surface area contributed by atoms with Crippen LogP contribution in [0, 0.1) is 0 Å². The van der Waals surface area contributed by atoms with Crippen LogP contribution in [0.25, 0.3) is 11.4 Å². The minimum Gasteiger partial charge on any atom is -0.353 e. The zero-order chi connectivity index (χ0) is 19.8. The maximum atomic E-state index is 12.3. The Labute approximate surface area is 171 Å². The van der Waals surface area contributed by atoms with Crippen molar-refractivity contribution in [3.63, 3.8) is 0 Å². The van der Waals surface area contributed by atoms with Crippen molar-refractivity contribution in [2.75, 3.05) is 0 Å². The van der Waals surface area contributed by atoms with Crippen LogP contribution < -0.4 is 5.32 Å². The number of aromatic nitrogens is 3. The summed E-state index contributed by atoms with van der Waals surface area (Å²) in [5, 5.41) is 13.0. The van der Waals surface area contributed by atoms with Crippen LogP contribution >= 0.6 is 23.4 Å². The van der Waals surface area contributed by atoms with Gasteiger partial charge in [-0.15, -0.1) is 10.2 Å². The van der Waals surface area contributed by atoms with Crippen LogP contribution in [0.1, 0.15) is 53.4 Å². The molecule has 1 aromatic carbocycles. The van der Waals surface area contributed by atoms with Gasteiger partial charge in [-0.05, 0) is 51.5 Å². The number of nitrogens with zero attached hydrogens (tertiary/aromatic N) is 3. The molecule has 0 saturated carbocycles. The highest BCUT2D eigenvalue weighted by molar-refractivity contribution is 8.00.